The molecule has 3 heterocycles. The summed E-state index contributed by atoms with van der Waals surface area (Å²) in [6.07, 6.45) is 1.76. The maximum atomic E-state index is 12.8. The van der Waals surface area contributed by atoms with E-state index < -0.39 is 5.69 Å². The van der Waals surface area contributed by atoms with Crippen molar-refractivity contribution in [3.63, 3.8) is 0 Å². The molecule has 0 saturated carbocycles. The van der Waals surface area contributed by atoms with Crippen molar-refractivity contribution in [2.75, 3.05) is 30.4 Å². The van der Waals surface area contributed by atoms with Crippen LogP contribution in [-0.2, 0) is 4.74 Å². The molecular weight excluding hydrogens is 465 g/mol. The molecule has 2 aromatic carbocycles. The van der Waals surface area contributed by atoms with Gasteiger partial charge in [0.15, 0.2) is 5.65 Å². The number of nitrogens with zero attached hydrogens (tertiary/aromatic N) is 4. The molecule has 11 heteroatoms. The molecule has 0 aliphatic carbocycles. The number of nitrogens with one attached hydrogen (secondary N) is 3. The summed E-state index contributed by atoms with van der Waals surface area (Å²) >= 11 is 12.5. The molecule has 168 valence electrons. The lowest BCUT2D eigenvalue weighted by molar-refractivity contribution is 0.0788. The van der Waals surface area contributed by atoms with Gasteiger partial charge < -0.3 is 15.0 Å². The highest BCUT2D eigenvalue weighted by atomic mass is 35.5. The van der Waals surface area contributed by atoms with Crippen molar-refractivity contribution in [1.29, 1.82) is 5.41 Å². The molecule has 0 atom stereocenters. The molecule has 33 heavy (non-hydrogen) atoms. The summed E-state index contributed by atoms with van der Waals surface area (Å²) in [5.74, 6) is 0.294. The maximum absolute atomic E-state index is 12.8. The van der Waals surface area contributed by atoms with E-state index >= 15 is 0 Å². The van der Waals surface area contributed by atoms with Crippen LogP contribution in [0, 0.1) is 5.41 Å². The smallest absolute Gasteiger partial charge is 0.333 e. The molecule has 0 amide bonds. The van der Waals surface area contributed by atoms with Crippen molar-refractivity contribution >= 4 is 51.6 Å². The number of aromatic nitrogens is 4. The van der Waals surface area contributed by atoms with Gasteiger partial charge in [0, 0.05) is 37.8 Å². The normalized spacial score (nSPS) is 13.8. The Morgan fingerprint density at radius 1 is 1.15 bits per heavy atom. The highest BCUT2D eigenvalue weighted by molar-refractivity contribution is 6.37. The summed E-state index contributed by atoms with van der Waals surface area (Å²) < 4.78 is 6.42. The molecule has 4 aromatic rings. The van der Waals surface area contributed by atoms with Crippen LogP contribution in [0.25, 0.3) is 16.7 Å². The Balaban J connectivity index is 1.44. The van der Waals surface area contributed by atoms with E-state index in [0.29, 0.717) is 11.3 Å². The van der Waals surface area contributed by atoms with Crippen LogP contribution in [0.15, 0.2) is 53.5 Å². The average molecular weight is 484 g/mol. The van der Waals surface area contributed by atoms with Crippen molar-refractivity contribution in [3.8, 4) is 5.69 Å². The minimum absolute atomic E-state index is 0.122. The van der Waals surface area contributed by atoms with Crippen LogP contribution in [-0.4, -0.2) is 45.8 Å². The highest BCUT2D eigenvalue weighted by Gasteiger charge is 2.26. The summed E-state index contributed by atoms with van der Waals surface area (Å²) in [6, 6.07) is 12.8. The molecule has 5 rings (SSSR count). The lowest BCUT2D eigenvalue weighted by Crippen LogP contribution is -2.51. The van der Waals surface area contributed by atoms with Crippen molar-refractivity contribution in [1.82, 2.24) is 19.5 Å². The van der Waals surface area contributed by atoms with E-state index in [9.17, 15) is 4.79 Å². The number of methoxy groups -OCH3 is 1. The molecule has 9 nitrogen and oxygen atoms in total. The number of aromatic amines is 1. The number of H-pyrrole nitrogens is 1. The Hall–Kier alpha value is -3.40. The first kappa shape index (κ1) is 21.4. The van der Waals surface area contributed by atoms with Crippen LogP contribution in [0.1, 0.15) is 0 Å². The number of halogens is 2. The minimum atomic E-state index is -0.583. The fraction of sp³-hybridized carbons (Fsp3) is 0.182. The van der Waals surface area contributed by atoms with Crippen molar-refractivity contribution in [2.45, 2.75) is 6.10 Å². The number of rotatable bonds is 5. The number of anilines is 3. The third kappa shape index (κ3) is 3.95. The third-order valence-corrected chi connectivity index (χ3v) is 6.14. The maximum Gasteiger partial charge on any atom is 0.333 e. The second kappa shape index (κ2) is 8.51. The fourth-order valence-electron chi connectivity index (χ4n) is 3.69. The van der Waals surface area contributed by atoms with Gasteiger partial charge in [0.1, 0.15) is 5.49 Å². The molecular formula is C22H19Cl2N7O2. The number of para-hydroxylation sites is 1. The van der Waals surface area contributed by atoms with E-state index in [0.717, 1.165) is 29.0 Å². The first-order valence-electron chi connectivity index (χ1n) is 10.1. The first-order valence-corrected chi connectivity index (χ1v) is 10.9. The van der Waals surface area contributed by atoms with Crippen LogP contribution in [0.4, 0.5) is 17.3 Å². The Kier molecular flexibility index (Phi) is 5.53. The largest absolute Gasteiger partial charge is 0.378 e. The van der Waals surface area contributed by atoms with Gasteiger partial charge in [-0.15, -0.1) is 0 Å². The van der Waals surface area contributed by atoms with Crippen LogP contribution >= 0.6 is 23.2 Å². The summed E-state index contributed by atoms with van der Waals surface area (Å²) in [5, 5.41) is 12.5. The van der Waals surface area contributed by atoms with Crippen LogP contribution in [0.5, 0.6) is 0 Å². The topological polar surface area (TPSA) is 112 Å². The van der Waals surface area contributed by atoms with E-state index in [1.165, 1.54) is 6.20 Å². The second-order valence-corrected chi connectivity index (χ2v) is 8.39. The molecule has 0 bridgehead atoms. The SMILES string of the molecule is COC1CN(c2ccc(Nc3ncc4c(=N)n(-c5c(Cl)cccc5Cl)c(=O)[nH]c4n3)cc2)C1. The standard InChI is InChI=1S/C22H19Cl2N7O2/c1-33-14-10-30(11-14)13-7-5-12(6-8-13)27-21-26-9-15-19(25)31(22(32)29-20(15)28-21)18-16(23)3-2-4-17(18)24/h2-9,14,25H,10-11H2,1H3,(H2,26,27,28,29,32). The fourth-order valence-corrected chi connectivity index (χ4v) is 4.25. The van der Waals surface area contributed by atoms with Gasteiger partial charge >= 0.3 is 5.69 Å². The zero-order valence-electron chi connectivity index (χ0n) is 17.5. The van der Waals surface area contributed by atoms with Crippen molar-refractivity contribution in [3.05, 3.63) is 74.7 Å². The third-order valence-electron chi connectivity index (χ3n) is 5.53. The molecule has 0 radical (unpaired) electrons. The molecule has 0 unspecified atom stereocenters. The molecule has 1 fully saturated rings. The average Bonchev–Trinajstić information content (AvgIpc) is 2.76. The minimum Gasteiger partial charge on any atom is -0.378 e. The predicted molar refractivity (Wildman–Crippen MR) is 128 cm³/mol. The number of hydrogen-bond acceptors (Lipinski definition) is 7. The molecule has 3 N–H and O–H groups in total. The highest BCUT2D eigenvalue weighted by Crippen LogP contribution is 2.27. The van der Waals surface area contributed by atoms with Crippen LogP contribution in [0.2, 0.25) is 10.0 Å². The van der Waals surface area contributed by atoms with Gasteiger partial charge in [-0.05, 0) is 36.4 Å². The van der Waals surface area contributed by atoms with Gasteiger partial charge in [-0.1, -0.05) is 29.3 Å². The van der Waals surface area contributed by atoms with Crippen molar-refractivity contribution in [2.24, 2.45) is 0 Å². The number of benzene rings is 2. The summed E-state index contributed by atoms with van der Waals surface area (Å²) in [5.41, 5.74) is 1.66. The Labute approximate surface area is 198 Å². The van der Waals surface area contributed by atoms with E-state index in [1.54, 1.807) is 25.3 Å². The second-order valence-electron chi connectivity index (χ2n) is 7.57. The molecule has 1 aliphatic rings. The quantitative estimate of drug-likeness (QED) is 0.400. The Morgan fingerprint density at radius 2 is 1.85 bits per heavy atom. The zero-order chi connectivity index (χ0) is 23.1. The Morgan fingerprint density at radius 3 is 2.52 bits per heavy atom. The van der Waals surface area contributed by atoms with E-state index in [2.05, 4.69) is 25.2 Å². The van der Waals surface area contributed by atoms with E-state index in [4.69, 9.17) is 33.3 Å². The van der Waals surface area contributed by atoms with Gasteiger partial charge in [-0.25, -0.2) is 14.3 Å². The first-order chi connectivity index (χ1) is 15.9. The van der Waals surface area contributed by atoms with Gasteiger partial charge in [0.25, 0.3) is 0 Å². The van der Waals surface area contributed by atoms with Gasteiger partial charge in [-0.2, -0.15) is 4.98 Å². The summed E-state index contributed by atoms with van der Waals surface area (Å²) in [6.45, 7) is 1.75. The molecule has 1 saturated heterocycles. The number of ether oxygens (including phenoxy) is 1. The number of hydrogen-bond donors (Lipinski definition) is 3. The van der Waals surface area contributed by atoms with Gasteiger partial charge in [0.2, 0.25) is 5.95 Å². The predicted octanol–water partition coefficient (Wildman–Crippen LogP) is 3.47. The summed E-state index contributed by atoms with van der Waals surface area (Å²) in [7, 11) is 1.72. The lowest BCUT2D eigenvalue weighted by atomic mass is 10.1. The monoisotopic (exact) mass is 483 g/mol. The van der Waals surface area contributed by atoms with E-state index in [1.807, 2.05) is 24.3 Å². The Bertz CT molecular complexity index is 1440. The van der Waals surface area contributed by atoms with Crippen molar-refractivity contribution < 1.29 is 4.74 Å². The van der Waals surface area contributed by atoms with Crippen LogP contribution < -0.4 is 21.4 Å². The number of fused-ring (bicyclic) bond motifs is 1. The summed E-state index contributed by atoms with van der Waals surface area (Å²) in [4.78, 5) is 26.4. The molecule has 1 aliphatic heterocycles. The lowest BCUT2D eigenvalue weighted by Gasteiger charge is -2.40. The van der Waals surface area contributed by atoms with Gasteiger partial charge in [0.05, 0.1) is 27.2 Å². The van der Waals surface area contributed by atoms with Gasteiger partial charge in [-0.3, -0.25) is 10.4 Å². The zero-order valence-corrected chi connectivity index (χ0v) is 19.0. The molecule has 0 spiro atoms. The van der Waals surface area contributed by atoms with Crippen LogP contribution in [0.3, 0.4) is 0 Å². The molecule has 2 aromatic heterocycles. The van der Waals surface area contributed by atoms with E-state index in [-0.39, 0.29) is 33.0 Å².